The molecule has 1 aromatic rings. The monoisotopic (exact) mass is 372 g/mol. The zero-order valence-electron chi connectivity index (χ0n) is 15.5. The first-order valence-electron chi connectivity index (χ1n) is 9.00. The van der Waals surface area contributed by atoms with Crippen LogP contribution in [0.2, 0.25) is 0 Å². The number of amides is 4. The Morgan fingerprint density at radius 1 is 1.33 bits per heavy atom. The molecule has 1 atom stereocenters. The largest absolute Gasteiger partial charge is 0.352 e. The Hall–Kier alpha value is -2.74. The lowest BCUT2D eigenvalue weighted by Gasteiger charge is -2.29. The maximum absolute atomic E-state index is 12.8. The molecular weight excluding hydrogens is 348 g/mol. The third kappa shape index (κ3) is 4.16. The summed E-state index contributed by atoms with van der Waals surface area (Å²) in [6.45, 7) is 4.51. The fraction of sp³-hybridized carbons (Fsp3) is 0.474. The molecule has 4 N–H and O–H groups in total. The van der Waals surface area contributed by atoms with E-state index in [4.69, 9.17) is 5.73 Å². The van der Waals surface area contributed by atoms with Crippen LogP contribution in [0.5, 0.6) is 0 Å². The number of piperidine rings is 1. The molecule has 0 bridgehead atoms. The van der Waals surface area contributed by atoms with E-state index in [2.05, 4.69) is 10.6 Å². The molecule has 2 heterocycles. The smallest absolute Gasteiger partial charge is 0.255 e. The zero-order chi connectivity index (χ0) is 19.8. The first-order valence-corrected chi connectivity index (χ1v) is 9.00. The van der Waals surface area contributed by atoms with E-state index in [9.17, 15) is 19.2 Å². The fourth-order valence-corrected chi connectivity index (χ4v) is 3.30. The molecule has 4 amide bonds. The number of imide groups is 1. The summed E-state index contributed by atoms with van der Waals surface area (Å²) >= 11 is 0. The van der Waals surface area contributed by atoms with Gasteiger partial charge in [-0.1, -0.05) is 6.07 Å². The molecule has 0 saturated carbocycles. The van der Waals surface area contributed by atoms with Gasteiger partial charge in [0.05, 0.1) is 0 Å². The van der Waals surface area contributed by atoms with E-state index in [0.29, 0.717) is 37.1 Å². The predicted molar refractivity (Wildman–Crippen MR) is 97.7 cm³/mol. The van der Waals surface area contributed by atoms with Gasteiger partial charge in [-0.3, -0.25) is 24.5 Å². The highest BCUT2D eigenvalue weighted by Crippen LogP contribution is 2.28. The second-order valence-electron chi connectivity index (χ2n) is 7.77. The minimum absolute atomic E-state index is 0.210. The Kier molecular flexibility index (Phi) is 5.01. The number of nitrogens with two attached hydrogens (primary N) is 1. The van der Waals surface area contributed by atoms with Crippen molar-refractivity contribution in [2.45, 2.75) is 51.2 Å². The molecule has 1 aromatic carbocycles. The predicted octanol–water partition coefficient (Wildman–Crippen LogP) is 0.305. The van der Waals surface area contributed by atoms with Crippen molar-refractivity contribution in [1.29, 1.82) is 0 Å². The molecule has 0 spiro atoms. The van der Waals surface area contributed by atoms with E-state index in [-0.39, 0.29) is 29.7 Å². The van der Waals surface area contributed by atoms with E-state index in [0.717, 1.165) is 5.56 Å². The van der Waals surface area contributed by atoms with Gasteiger partial charge in [0.2, 0.25) is 11.8 Å². The lowest BCUT2D eigenvalue weighted by Crippen LogP contribution is -2.52. The van der Waals surface area contributed by atoms with Crippen LogP contribution >= 0.6 is 0 Å². The zero-order valence-corrected chi connectivity index (χ0v) is 15.5. The Labute approximate surface area is 157 Å². The van der Waals surface area contributed by atoms with Crippen LogP contribution in [0.1, 0.15) is 59.4 Å². The van der Waals surface area contributed by atoms with Gasteiger partial charge in [-0.15, -0.1) is 0 Å². The fourth-order valence-electron chi connectivity index (χ4n) is 3.30. The second kappa shape index (κ2) is 7.11. The molecule has 27 heavy (non-hydrogen) atoms. The maximum atomic E-state index is 12.8. The van der Waals surface area contributed by atoms with Gasteiger partial charge in [0, 0.05) is 36.2 Å². The van der Waals surface area contributed by atoms with E-state index < -0.39 is 11.9 Å². The third-order valence-electron chi connectivity index (χ3n) is 4.85. The van der Waals surface area contributed by atoms with Crippen LogP contribution in [0, 0.1) is 0 Å². The molecule has 0 aliphatic carbocycles. The molecule has 1 saturated heterocycles. The van der Waals surface area contributed by atoms with Crippen LogP contribution in [-0.4, -0.2) is 46.7 Å². The SMILES string of the molecule is CC(C)(N)CCNC(=O)c1ccc2c(c1)C(=O)N(C1CCC(=O)NC1=O)C2. The van der Waals surface area contributed by atoms with Crippen molar-refractivity contribution >= 4 is 23.6 Å². The summed E-state index contributed by atoms with van der Waals surface area (Å²) in [5.74, 6) is -1.33. The van der Waals surface area contributed by atoms with Crippen molar-refractivity contribution in [3.8, 4) is 0 Å². The number of nitrogens with zero attached hydrogens (tertiary/aromatic N) is 1. The van der Waals surface area contributed by atoms with Crippen LogP contribution in [-0.2, 0) is 16.1 Å². The van der Waals surface area contributed by atoms with Gasteiger partial charge in [0.25, 0.3) is 11.8 Å². The van der Waals surface area contributed by atoms with Gasteiger partial charge >= 0.3 is 0 Å². The molecule has 8 heteroatoms. The van der Waals surface area contributed by atoms with Crippen molar-refractivity contribution in [2.75, 3.05) is 6.54 Å². The number of nitrogens with one attached hydrogen (secondary N) is 2. The molecule has 0 aromatic heterocycles. The summed E-state index contributed by atoms with van der Waals surface area (Å²) in [5, 5.41) is 5.07. The van der Waals surface area contributed by atoms with E-state index in [1.54, 1.807) is 18.2 Å². The number of carbonyl (C=O) groups is 4. The summed E-state index contributed by atoms with van der Waals surface area (Å²) in [6.07, 6.45) is 1.15. The van der Waals surface area contributed by atoms with Crippen LogP contribution in [0.3, 0.4) is 0 Å². The maximum Gasteiger partial charge on any atom is 0.255 e. The molecule has 0 radical (unpaired) electrons. The van der Waals surface area contributed by atoms with Crippen LogP contribution in [0.25, 0.3) is 0 Å². The number of rotatable bonds is 5. The number of hydrogen-bond donors (Lipinski definition) is 3. The molecule has 144 valence electrons. The third-order valence-corrected chi connectivity index (χ3v) is 4.85. The van der Waals surface area contributed by atoms with Crippen molar-refractivity contribution in [2.24, 2.45) is 5.73 Å². The standard InChI is InChI=1S/C19H24N4O4/c1-19(2,20)7-8-21-16(25)11-3-4-12-10-23(18(27)13(12)9-11)14-5-6-15(24)22-17(14)26/h3-4,9,14H,5-8,10,20H2,1-2H3,(H,21,25)(H,22,24,26). The van der Waals surface area contributed by atoms with Crippen molar-refractivity contribution in [1.82, 2.24) is 15.5 Å². The molecule has 3 rings (SSSR count). The van der Waals surface area contributed by atoms with Crippen LogP contribution < -0.4 is 16.4 Å². The minimum Gasteiger partial charge on any atom is -0.352 e. The Balaban J connectivity index is 1.70. The van der Waals surface area contributed by atoms with E-state index >= 15 is 0 Å². The van der Waals surface area contributed by atoms with Crippen molar-refractivity contribution in [3.63, 3.8) is 0 Å². The molecule has 8 nitrogen and oxygen atoms in total. The first-order chi connectivity index (χ1) is 12.7. The summed E-state index contributed by atoms with van der Waals surface area (Å²) in [5.41, 5.74) is 7.11. The average molecular weight is 372 g/mol. The lowest BCUT2D eigenvalue weighted by atomic mass is 10.0. The number of carbonyl (C=O) groups excluding carboxylic acids is 4. The molecule has 1 unspecified atom stereocenters. The molecule has 2 aliphatic rings. The highest BCUT2D eigenvalue weighted by atomic mass is 16.2. The van der Waals surface area contributed by atoms with Crippen molar-refractivity contribution in [3.05, 3.63) is 34.9 Å². The summed E-state index contributed by atoms with van der Waals surface area (Å²) in [7, 11) is 0. The van der Waals surface area contributed by atoms with Gasteiger partial charge in [-0.05, 0) is 44.4 Å². The molecule has 2 aliphatic heterocycles. The van der Waals surface area contributed by atoms with Gasteiger partial charge < -0.3 is 16.0 Å². The average Bonchev–Trinajstić information content (AvgIpc) is 2.90. The molecular formula is C19H24N4O4. The Bertz CT molecular complexity index is 812. The normalized spacial score (nSPS) is 19.7. The first kappa shape index (κ1) is 19.0. The highest BCUT2D eigenvalue weighted by molar-refractivity contribution is 6.06. The van der Waals surface area contributed by atoms with Crippen LogP contribution in [0.4, 0.5) is 0 Å². The Morgan fingerprint density at radius 2 is 2.07 bits per heavy atom. The number of hydrogen-bond acceptors (Lipinski definition) is 5. The number of fused-ring (bicyclic) bond motifs is 1. The highest BCUT2D eigenvalue weighted by Gasteiger charge is 2.39. The Morgan fingerprint density at radius 3 is 2.74 bits per heavy atom. The summed E-state index contributed by atoms with van der Waals surface area (Å²) < 4.78 is 0. The van der Waals surface area contributed by atoms with Crippen molar-refractivity contribution < 1.29 is 19.2 Å². The number of benzene rings is 1. The second-order valence-corrected chi connectivity index (χ2v) is 7.77. The quantitative estimate of drug-likeness (QED) is 0.642. The van der Waals surface area contributed by atoms with Gasteiger partial charge in [-0.25, -0.2) is 0 Å². The van der Waals surface area contributed by atoms with Gasteiger partial charge in [0.1, 0.15) is 6.04 Å². The molecule has 1 fully saturated rings. The van der Waals surface area contributed by atoms with E-state index in [1.807, 2.05) is 13.8 Å². The van der Waals surface area contributed by atoms with Gasteiger partial charge in [-0.2, -0.15) is 0 Å². The topological polar surface area (TPSA) is 122 Å². The van der Waals surface area contributed by atoms with E-state index in [1.165, 1.54) is 4.90 Å². The summed E-state index contributed by atoms with van der Waals surface area (Å²) in [6, 6.07) is 4.31. The van der Waals surface area contributed by atoms with Crippen LogP contribution in [0.15, 0.2) is 18.2 Å². The summed E-state index contributed by atoms with van der Waals surface area (Å²) in [4.78, 5) is 49.9. The minimum atomic E-state index is -0.660. The van der Waals surface area contributed by atoms with Gasteiger partial charge in [0.15, 0.2) is 0 Å². The lowest BCUT2D eigenvalue weighted by molar-refractivity contribution is -0.136.